The molecule has 2 heterocycles. The average molecular weight is 177 g/mol. The topological polar surface area (TPSA) is 41.1 Å². The molecule has 0 saturated carbocycles. The molecule has 0 aliphatic carbocycles. The van der Waals surface area contributed by atoms with Crippen molar-refractivity contribution in [2.24, 2.45) is 5.41 Å². The molecule has 1 spiro atoms. The lowest BCUT2D eigenvalue weighted by molar-refractivity contribution is -0.141. The van der Waals surface area contributed by atoms with E-state index in [9.17, 15) is 4.79 Å². The van der Waals surface area contributed by atoms with E-state index < -0.39 is 0 Å². The summed E-state index contributed by atoms with van der Waals surface area (Å²) < 4.78 is 0. The van der Waals surface area contributed by atoms with Crippen molar-refractivity contribution < 1.29 is 4.79 Å². The van der Waals surface area contributed by atoms with Crippen LogP contribution < -0.4 is 10.6 Å². The predicted molar refractivity (Wildman–Crippen MR) is 44.8 cm³/mol. The van der Waals surface area contributed by atoms with Crippen molar-refractivity contribution in [2.75, 3.05) is 19.6 Å². The molecule has 1 atom stereocenters. The number of β-lactam (4-membered cyclic amide) rings is 1. The highest BCUT2D eigenvalue weighted by Crippen LogP contribution is 2.30. The highest BCUT2D eigenvalue weighted by atomic mass is 35.5. The maximum atomic E-state index is 11.1. The highest BCUT2D eigenvalue weighted by molar-refractivity contribution is 5.89. The Morgan fingerprint density at radius 2 is 2.18 bits per heavy atom. The first-order chi connectivity index (χ1) is 4.83. The molecule has 2 rings (SSSR count). The third-order valence-electron chi connectivity index (χ3n) is 2.54. The summed E-state index contributed by atoms with van der Waals surface area (Å²) in [7, 11) is 0. The number of carbonyl (C=O) groups is 1. The average Bonchev–Trinajstić information content (AvgIpc) is 2.04. The minimum atomic E-state index is -0.00174. The van der Waals surface area contributed by atoms with E-state index in [4.69, 9.17) is 0 Å². The fourth-order valence-electron chi connectivity index (χ4n) is 1.72. The summed E-state index contributed by atoms with van der Waals surface area (Å²) in [5.41, 5.74) is -0.00174. The quantitative estimate of drug-likeness (QED) is 0.507. The highest BCUT2D eigenvalue weighted by Gasteiger charge is 2.46. The lowest BCUT2D eigenvalue weighted by atomic mass is 9.75. The number of carbonyl (C=O) groups excluding carboxylic acids is 1. The first-order valence-corrected chi connectivity index (χ1v) is 3.83. The molecule has 4 heteroatoms. The van der Waals surface area contributed by atoms with Crippen LogP contribution in [0.2, 0.25) is 0 Å². The molecule has 2 N–H and O–H groups in total. The summed E-state index contributed by atoms with van der Waals surface area (Å²) in [6.45, 7) is 2.85. The van der Waals surface area contributed by atoms with Gasteiger partial charge in [0.05, 0.1) is 5.41 Å². The minimum Gasteiger partial charge on any atom is -0.354 e. The Hall–Kier alpha value is -0.280. The van der Waals surface area contributed by atoms with Gasteiger partial charge in [-0.3, -0.25) is 4.79 Å². The van der Waals surface area contributed by atoms with Gasteiger partial charge in [0.2, 0.25) is 5.91 Å². The van der Waals surface area contributed by atoms with Gasteiger partial charge in [-0.1, -0.05) is 0 Å². The molecule has 2 aliphatic heterocycles. The zero-order chi connectivity index (χ0) is 7.03. The molecule has 64 valence electrons. The van der Waals surface area contributed by atoms with Crippen molar-refractivity contribution >= 4 is 18.3 Å². The second kappa shape index (κ2) is 2.99. The van der Waals surface area contributed by atoms with Gasteiger partial charge >= 0.3 is 0 Å². The molecule has 1 amide bonds. The van der Waals surface area contributed by atoms with Gasteiger partial charge in [0.1, 0.15) is 0 Å². The number of amides is 1. The number of nitrogens with one attached hydrogen (secondary N) is 2. The zero-order valence-electron chi connectivity index (χ0n) is 6.35. The molecule has 1 unspecified atom stereocenters. The number of piperidine rings is 1. The largest absolute Gasteiger partial charge is 0.354 e. The van der Waals surface area contributed by atoms with Gasteiger partial charge in [-0.25, -0.2) is 0 Å². The summed E-state index contributed by atoms with van der Waals surface area (Å²) >= 11 is 0. The van der Waals surface area contributed by atoms with E-state index in [0.717, 1.165) is 32.5 Å². The Morgan fingerprint density at radius 1 is 1.36 bits per heavy atom. The summed E-state index contributed by atoms with van der Waals surface area (Å²) in [6.07, 6.45) is 2.22. The van der Waals surface area contributed by atoms with E-state index in [2.05, 4.69) is 10.6 Å². The van der Waals surface area contributed by atoms with Crippen molar-refractivity contribution in [2.45, 2.75) is 12.8 Å². The van der Waals surface area contributed by atoms with E-state index in [1.54, 1.807) is 0 Å². The van der Waals surface area contributed by atoms with Crippen LogP contribution in [0, 0.1) is 5.41 Å². The van der Waals surface area contributed by atoms with Crippen molar-refractivity contribution in [1.82, 2.24) is 10.6 Å². The number of hydrogen-bond acceptors (Lipinski definition) is 2. The zero-order valence-corrected chi connectivity index (χ0v) is 7.17. The van der Waals surface area contributed by atoms with Gasteiger partial charge in [0.15, 0.2) is 0 Å². The van der Waals surface area contributed by atoms with Gasteiger partial charge in [-0.05, 0) is 19.4 Å². The molecular weight excluding hydrogens is 164 g/mol. The van der Waals surface area contributed by atoms with Crippen LogP contribution in [0.4, 0.5) is 0 Å². The number of halogens is 1. The lowest BCUT2D eigenvalue weighted by Gasteiger charge is -2.43. The summed E-state index contributed by atoms with van der Waals surface area (Å²) in [6, 6.07) is 0. The molecule has 2 aliphatic rings. The standard InChI is InChI=1S/C7H12N2O.ClH/c10-6-7(5-9-6)2-1-3-8-4-7;/h8H,1-5H2,(H,9,10);1H. The maximum absolute atomic E-state index is 11.1. The van der Waals surface area contributed by atoms with Crippen LogP contribution in [0.1, 0.15) is 12.8 Å². The van der Waals surface area contributed by atoms with E-state index in [1.165, 1.54) is 0 Å². The minimum absolute atomic E-state index is 0. The van der Waals surface area contributed by atoms with E-state index in [-0.39, 0.29) is 23.7 Å². The fraction of sp³-hybridized carbons (Fsp3) is 0.857. The molecule has 3 nitrogen and oxygen atoms in total. The molecule has 0 radical (unpaired) electrons. The predicted octanol–water partition coefficient (Wildman–Crippen LogP) is -0.0922. The number of rotatable bonds is 0. The molecule has 0 aromatic heterocycles. The van der Waals surface area contributed by atoms with E-state index >= 15 is 0 Å². The number of hydrogen-bond donors (Lipinski definition) is 2. The maximum Gasteiger partial charge on any atom is 0.229 e. The summed E-state index contributed by atoms with van der Waals surface area (Å²) in [5.74, 6) is 0.250. The Morgan fingerprint density at radius 3 is 2.45 bits per heavy atom. The van der Waals surface area contributed by atoms with Crippen LogP contribution >= 0.6 is 12.4 Å². The molecule has 0 aromatic carbocycles. The van der Waals surface area contributed by atoms with E-state index in [1.807, 2.05) is 0 Å². The molecule has 2 fully saturated rings. The smallest absolute Gasteiger partial charge is 0.229 e. The van der Waals surface area contributed by atoms with Gasteiger partial charge in [-0.2, -0.15) is 0 Å². The third kappa shape index (κ3) is 1.23. The van der Waals surface area contributed by atoms with Crippen LogP contribution in [-0.2, 0) is 4.79 Å². The molecule has 0 aromatic rings. The normalized spacial score (nSPS) is 35.5. The van der Waals surface area contributed by atoms with Crippen LogP contribution in [0.3, 0.4) is 0 Å². The van der Waals surface area contributed by atoms with Gasteiger partial charge in [0.25, 0.3) is 0 Å². The van der Waals surface area contributed by atoms with Crippen LogP contribution in [0.15, 0.2) is 0 Å². The first kappa shape index (κ1) is 8.81. The van der Waals surface area contributed by atoms with Crippen molar-refractivity contribution in [1.29, 1.82) is 0 Å². The third-order valence-corrected chi connectivity index (χ3v) is 2.54. The molecular formula is C7H13ClN2O. The van der Waals surface area contributed by atoms with Gasteiger partial charge < -0.3 is 10.6 Å². The first-order valence-electron chi connectivity index (χ1n) is 3.83. The van der Waals surface area contributed by atoms with E-state index in [0.29, 0.717) is 0 Å². The molecule has 0 bridgehead atoms. The van der Waals surface area contributed by atoms with Crippen LogP contribution in [0.25, 0.3) is 0 Å². The Labute approximate surface area is 72.3 Å². The lowest BCUT2D eigenvalue weighted by Crippen LogP contribution is -2.64. The van der Waals surface area contributed by atoms with Gasteiger partial charge in [0, 0.05) is 13.1 Å². The molecule has 11 heavy (non-hydrogen) atoms. The molecule has 2 saturated heterocycles. The fourth-order valence-corrected chi connectivity index (χ4v) is 1.72. The van der Waals surface area contributed by atoms with Crippen molar-refractivity contribution in [3.8, 4) is 0 Å². The summed E-state index contributed by atoms with van der Waals surface area (Å²) in [5, 5.41) is 6.04. The second-order valence-electron chi connectivity index (χ2n) is 3.24. The monoisotopic (exact) mass is 176 g/mol. The van der Waals surface area contributed by atoms with Crippen LogP contribution in [-0.4, -0.2) is 25.5 Å². The Kier molecular flexibility index (Phi) is 2.40. The van der Waals surface area contributed by atoms with Crippen molar-refractivity contribution in [3.05, 3.63) is 0 Å². The van der Waals surface area contributed by atoms with Crippen molar-refractivity contribution in [3.63, 3.8) is 0 Å². The Balaban J connectivity index is 0.000000605. The second-order valence-corrected chi connectivity index (χ2v) is 3.24. The Bertz CT molecular complexity index is 166. The van der Waals surface area contributed by atoms with Crippen LogP contribution in [0.5, 0.6) is 0 Å². The van der Waals surface area contributed by atoms with Gasteiger partial charge in [-0.15, -0.1) is 12.4 Å². The SMILES string of the molecule is Cl.O=C1NCC12CCCNC2. The summed E-state index contributed by atoms with van der Waals surface area (Å²) in [4.78, 5) is 11.1.